The van der Waals surface area contributed by atoms with Gasteiger partial charge >= 0.3 is 12.1 Å². The van der Waals surface area contributed by atoms with Crippen molar-refractivity contribution < 1.29 is 43.2 Å². The van der Waals surface area contributed by atoms with E-state index in [9.17, 15) is 24.3 Å². The first-order valence-electron chi connectivity index (χ1n) is 13.7. The van der Waals surface area contributed by atoms with Gasteiger partial charge in [0, 0.05) is 30.8 Å². The number of carboxylic acid groups (broad SMARTS) is 1. The van der Waals surface area contributed by atoms with Crippen molar-refractivity contribution in [3.63, 3.8) is 0 Å². The molecule has 3 unspecified atom stereocenters. The quantitative estimate of drug-likeness (QED) is 0.342. The number of aliphatic carboxylic acids is 1. The van der Waals surface area contributed by atoms with Crippen LogP contribution < -0.4 is 15.4 Å². The topological polar surface area (TPSA) is 153 Å². The number of rotatable bonds is 9. The van der Waals surface area contributed by atoms with Crippen molar-refractivity contribution in [2.24, 2.45) is 0 Å². The third-order valence-electron chi connectivity index (χ3n) is 7.01. The van der Waals surface area contributed by atoms with E-state index in [1.807, 2.05) is 42.5 Å². The van der Waals surface area contributed by atoms with E-state index < -0.39 is 42.1 Å². The number of carboxylic acids is 1. The van der Waals surface area contributed by atoms with Gasteiger partial charge in [-0.15, -0.1) is 0 Å². The van der Waals surface area contributed by atoms with Crippen LogP contribution >= 0.6 is 0 Å². The van der Waals surface area contributed by atoms with Crippen LogP contribution in [0, 0.1) is 0 Å². The van der Waals surface area contributed by atoms with Crippen LogP contribution in [-0.2, 0) is 35.0 Å². The number of amides is 3. The number of nitrogens with zero attached hydrogens (tertiary/aromatic N) is 1. The van der Waals surface area contributed by atoms with Crippen LogP contribution in [0.5, 0.6) is 5.75 Å². The van der Waals surface area contributed by atoms with Gasteiger partial charge in [-0.2, -0.15) is 0 Å². The zero-order valence-electron chi connectivity index (χ0n) is 23.1. The average Bonchev–Trinajstić information content (AvgIpc) is 3.53. The average molecular weight is 590 g/mol. The third-order valence-corrected chi connectivity index (χ3v) is 7.01. The molecule has 5 rings (SSSR count). The number of nitrogens with one attached hydrogen (secondary N) is 2. The molecular formula is C31H31N3O9. The molecule has 2 fully saturated rings. The normalized spacial score (nSPS) is 18.8. The van der Waals surface area contributed by atoms with E-state index >= 15 is 0 Å². The highest BCUT2D eigenvalue weighted by Crippen LogP contribution is 2.28. The van der Waals surface area contributed by atoms with Crippen LogP contribution in [0.3, 0.4) is 0 Å². The first-order valence-corrected chi connectivity index (χ1v) is 13.7. The number of hydrogen-bond donors (Lipinski definition) is 3. The summed E-state index contributed by atoms with van der Waals surface area (Å²) in [5.74, 6) is -2.36. The van der Waals surface area contributed by atoms with E-state index in [0.29, 0.717) is 43.3 Å². The predicted molar refractivity (Wildman–Crippen MR) is 153 cm³/mol. The van der Waals surface area contributed by atoms with Gasteiger partial charge in [-0.1, -0.05) is 60.7 Å². The van der Waals surface area contributed by atoms with Gasteiger partial charge in [0.2, 0.25) is 0 Å². The predicted octanol–water partition coefficient (Wildman–Crippen LogP) is 2.68. The number of hydrogen-bond acceptors (Lipinski definition) is 8. The number of para-hydroxylation sites is 1. The number of carbonyl (C=O) groups excluding carboxylic acids is 3. The molecule has 0 bridgehead atoms. The zero-order chi connectivity index (χ0) is 30.2. The Morgan fingerprint density at radius 2 is 1.51 bits per heavy atom. The van der Waals surface area contributed by atoms with Crippen LogP contribution in [-0.4, -0.2) is 85.2 Å². The largest absolute Gasteiger partial charge is 0.480 e. The van der Waals surface area contributed by atoms with Crippen molar-refractivity contribution >= 4 is 29.6 Å². The fourth-order valence-electron chi connectivity index (χ4n) is 4.75. The summed E-state index contributed by atoms with van der Waals surface area (Å²) < 4.78 is 21.4. The van der Waals surface area contributed by atoms with Gasteiger partial charge in [-0.05, 0) is 29.3 Å². The summed E-state index contributed by atoms with van der Waals surface area (Å²) in [6.45, 7) is 1.47. The number of ether oxygens (including phenoxy) is 4. The molecule has 2 aliphatic heterocycles. The maximum Gasteiger partial charge on any atom is 0.415 e. The monoisotopic (exact) mass is 589 g/mol. The fourth-order valence-corrected chi connectivity index (χ4v) is 4.75. The van der Waals surface area contributed by atoms with Crippen molar-refractivity contribution in [2.45, 2.75) is 24.7 Å². The van der Waals surface area contributed by atoms with E-state index in [4.69, 9.17) is 18.9 Å². The van der Waals surface area contributed by atoms with Gasteiger partial charge in [0.1, 0.15) is 18.6 Å². The number of carbonyl (C=O) groups is 4. The Hall–Kier alpha value is -4.78. The molecule has 224 valence electrons. The number of morpholine rings is 1. The van der Waals surface area contributed by atoms with Gasteiger partial charge in [0.25, 0.3) is 11.8 Å². The Morgan fingerprint density at radius 3 is 2.21 bits per heavy atom. The SMILES string of the molecule is O=C(O)C(Cc1ccc(OC(=O)N2CCOCC2)cc1)NC(=O)C1OCOC1C(=O)Nc1ccccc1-c1ccccc1. The summed E-state index contributed by atoms with van der Waals surface area (Å²) in [5.41, 5.74) is 2.78. The van der Waals surface area contributed by atoms with E-state index in [-0.39, 0.29) is 13.2 Å². The van der Waals surface area contributed by atoms with Crippen LogP contribution in [0.15, 0.2) is 78.9 Å². The van der Waals surface area contributed by atoms with Crippen molar-refractivity contribution in [1.29, 1.82) is 0 Å². The van der Waals surface area contributed by atoms with E-state index in [1.165, 1.54) is 4.90 Å². The molecule has 3 amide bonds. The standard InChI is InChI=1S/C31H31N3O9/c35-28(32-24-9-5-4-8-23(24)21-6-2-1-3-7-21)26-27(42-19-41-26)29(36)33-25(30(37)38)18-20-10-12-22(13-11-20)43-31(39)34-14-16-40-17-15-34/h1-13,25-27H,14-19H2,(H,32,35)(H,33,36)(H,37,38). The molecule has 12 nitrogen and oxygen atoms in total. The molecule has 2 aliphatic rings. The molecule has 3 aromatic carbocycles. The molecule has 3 atom stereocenters. The van der Waals surface area contributed by atoms with Crippen molar-refractivity contribution in [3.05, 3.63) is 84.4 Å². The Labute approximate surface area is 247 Å². The molecule has 0 aromatic heterocycles. The highest BCUT2D eigenvalue weighted by atomic mass is 16.7. The molecule has 0 saturated carbocycles. The summed E-state index contributed by atoms with van der Waals surface area (Å²) in [4.78, 5) is 52.1. The second-order valence-corrected chi connectivity index (χ2v) is 9.91. The molecule has 2 saturated heterocycles. The van der Waals surface area contributed by atoms with Crippen molar-refractivity contribution in [2.75, 3.05) is 38.4 Å². The summed E-state index contributed by atoms with van der Waals surface area (Å²) in [6, 6.07) is 21.7. The lowest BCUT2D eigenvalue weighted by atomic mass is 10.0. The van der Waals surface area contributed by atoms with Crippen LogP contribution in [0.2, 0.25) is 0 Å². The lowest BCUT2D eigenvalue weighted by molar-refractivity contribution is -0.144. The number of benzene rings is 3. The summed E-state index contributed by atoms with van der Waals surface area (Å²) in [7, 11) is 0. The molecule has 43 heavy (non-hydrogen) atoms. The van der Waals surface area contributed by atoms with Crippen LogP contribution in [0.1, 0.15) is 5.56 Å². The first-order chi connectivity index (χ1) is 20.9. The van der Waals surface area contributed by atoms with Crippen LogP contribution in [0.25, 0.3) is 11.1 Å². The molecule has 0 radical (unpaired) electrons. The minimum absolute atomic E-state index is 0.0619. The van der Waals surface area contributed by atoms with E-state index in [1.54, 1.807) is 36.4 Å². The Kier molecular flexibility index (Phi) is 9.62. The van der Waals surface area contributed by atoms with Gasteiger partial charge in [-0.3, -0.25) is 9.59 Å². The fraction of sp³-hybridized carbons (Fsp3) is 0.290. The minimum atomic E-state index is -1.35. The van der Waals surface area contributed by atoms with Gasteiger partial charge in [-0.25, -0.2) is 9.59 Å². The molecule has 0 aliphatic carbocycles. The zero-order valence-corrected chi connectivity index (χ0v) is 23.1. The molecule has 12 heteroatoms. The molecule has 3 N–H and O–H groups in total. The molecule has 3 aromatic rings. The Balaban J connectivity index is 1.19. The maximum atomic E-state index is 13.2. The smallest absolute Gasteiger partial charge is 0.415 e. The highest BCUT2D eigenvalue weighted by Gasteiger charge is 2.42. The van der Waals surface area contributed by atoms with Gasteiger partial charge < -0.3 is 39.6 Å². The number of anilines is 1. The van der Waals surface area contributed by atoms with E-state index in [2.05, 4.69) is 10.6 Å². The molecule has 2 heterocycles. The summed E-state index contributed by atoms with van der Waals surface area (Å²) in [5, 5.41) is 15.1. The first kappa shape index (κ1) is 29.7. The van der Waals surface area contributed by atoms with Crippen molar-refractivity contribution in [1.82, 2.24) is 10.2 Å². The second kappa shape index (κ2) is 13.9. The van der Waals surface area contributed by atoms with Crippen LogP contribution in [0.4, 0.5) is 10.5 Å². The lowest BCUT2D eigenvalue weighted by Gasteiger charge is -2.25. The van der Waals surface area contributed by atoms with Crippen molar-refractivity contribution in [3.8, 4) is 16.9 Å². The van der Waals surface area contributed by atoms with Gasteiger partial charge in [0.15, 0.2) is 12.2 Å². The Bertz CT molecular complexity index is 1440. The third kappa shape index (κ3) is 7.55. The highest BCUT2D eigenvalue weighted by molar-refractivity contribution is 6.01. The lowest BCUT2D eigenvalue weighted by Crippen LogP contribution is -2.51. The minimum Gasteiger partial charge on any atom is -0.480 e. The second-order valence-electron chi connectivity index (χ2n) is 9.91. The summed E-state index contributed by atoms with van der Waals surface area (Å²) >= 11 is 0. The summed E-state index contributed by atoms with van der Waals surface area (Å²) in [6.07, 6.45) is -3.20. The Morgan fingerprint density at radius 1 is 0.860 bits per heavy atom. The molecular weight excluding hydrogens is 558 g/mol. The van der Waals surface area contributed by atoms with E-state index in [0.717, 1.165) is 11.1 Å². The van der Waals surface area contributed by atoms with Gasteiger partial charge in [0.05, 0.1) is 13.2 Å². The molecule has 0 spiro atoms. The maximum absolute atomic E-state index is 13.2.